The van der Waals surface area contributed by atoms with Crippen LogP contribution in [0.25, 0.3) is 11.0 Å². The van der Waals surface area contributed by atoms with Crippen LogP contribution in [0.15, 0.2) is 24.3 Å². The van der Waals surface area contributed by atoms with Crippen LogP contribution in [0.1, 0.15) is 41.4 Å². The fourth-order valence-corrected chi connectivity index (χ4v) is 4.87. The molecule has 0 aliphatic rings. The Kier molecular flexibility index (Phi) is 9.92. The van der Waals surface area contributed by atoms with E-state index in [-0.39, 0.29) is 51.5 Å². The van der Waals surface area contributed by atoms with E-state index in [0.29, 0.717) is 22.7 Å². The average molecular weight is 708 g/mol. The molecule has 0 bridgehead atoms. The molecular formula is C28H29Cl2F6N9O2. The fourth-order valence-electron chi connectivity index (χ4n) is 4.34. The lowest BCUT2D eigenvalue weighted by Gasteiger charge is -2.23. The molecule has 0 saturated heterocycles. The zero-order valence-corrected chi connectivity index (χ0v) is 27.0. The predicted octanol–water partition coefficient (Wildman–Crippen LogP) is 5.98. The third-order valence-electron chi connectivity index (χ3n) is 6.96. The second-order valence-electron chi connectivity index (χ2n) is 11.1. The molecular weight excluding hydrogens is 679 g/mol. The van der Waals surface area contributed by atoms with Crippen LogP contribution in [0.2, 0.25) is 10.0 Å². The number of H-pyrrole nitrogens is 1. The summed E-state index contributed by atoms with van der Waals surface area (Å²) in [5.41, 5.74) is -1.05. The van der Waals surface area contributed by atoms with E-state index < -0.39 is 36.1 Å². The number of rotatable bonds is 11. The van der Waals surface area contributed by atoms with Crippen LogP contribution < -0.4 is 20.9 Å². The zero-order valence-electron chi connectivity index (χ0n) is 25.5. The van der Waals surface area contributed by atoms with Gasteiger partial charge in [-0.3, -0.25) is 14.7 Å². The molecule has 0 aliphatic heterocycles. The summed E-state index contributed by atoms with van der Waals surface area (Å²) in [4.78, 5) is 35.3. The fraction of sp³-hybridized carbons (Fsp3) is 0.393. The van der Waals surface area contributed by atoms with Gasteiger partial charge in [-0.25, -0.2) is 14.4 Å². The van der Waals surface area contributed by atoms with Gasteiger partial charge in [-0.05, 0) is 44.5 Å². The molecule has 0 spiro atoms. The number of carbonyl (C=O) groups excluding carboxylic acids is 2. The van der Waals surface area contributed by atoms with Gasteiger partial charge in [0.15, 0.2) is 5.67 Å². The standard InChI is InChI=1S/C28H29Cl2F6N9O2/c1-13-39-20(43-42-13)11-44(4)18-9-19-17(8-15(18)23(46)38-12-27(32,33)28(34,35)36)40-25(45(19)5)41-22-16(29)7-6-14(21(22)30)10-37-24(47)26(2,3)31/h6-9H,10-12H2,1-5H3,(H,37,47)(H,38,46)(H,40,41)(H,39,42,43). The van der Waals surface area contributed by atoms with Gasteiger partial charge in [-0.15, -0.1) is 0 Å². The Morgan fingerprint density at radius 3 is 2.32 bits per heavy atom. The van der Waals surface area contributed by atoms with Gasteiger partial charge in [0.1, 0.15) is 11.6 Å². The molecule has 0 fully saturated rings. The summed E-state index contributed by atoms with van der Waals surface area (Å²) in [6.07, 6.45) is -5.87. The normalized spacial score (nSPS) is 12.4. The second kappa shape index (κ2) is 13.1. The summed E-state index contributed by atoms with van der Waals surface area (Å²) < 4.78 is 81.2. The summed E-state index contributed by atoms with van der Waals surface area (Å²) in [5.74, 6) is -6.25. The summed E-state index contributed by atoms with van der Waals surface area (Å²) in [6.45, 7) is 1.81. The number of aryl methyl sites for hydroxylation is 2. The average Bonchev–Trinajstić information content (AvgIpc) is 3.52. The van der Waals surface area contributed by atoms with E-state index in [0.717, 1.165) is 13.8 Å². The molecule has 4 aromatic rings. The molecule has 4 N–H and O–H groups in total. The molecule has 0 saturated carbocycles. The first-order valence-corrected chi connectivity index (χ1v) is 14.5. The predicted molar refractivity (Wildman–Crippen MR) is 164 cm³/mol. The number of aromatic amines is 1. The lowest BCUT2D eigenvalue weighted by atomic mass is 10.1. The SMILES string of the molecule is Cc1n[nH]c(CN(C)c2cc3c(cc2C(=O)NCC(F)(F)C(F)(F)F)nc(Nc2c(Cl)ccc(CNC(=O)C(C)(C)F)c2Cl)n3C)n1. The molecule has 254 valence electrons. The Hall–Kier alpha value is -4.25. The lowest BCUT2D eigenvalue weighted by Crippen LogP contribution is -2.46. The molecule has 2 aromatic heterocycles. The smallest absolute Gasteiger partial charge is 0.366 e. The first-order chi connectivity index (χ1) is 21.7. The van der Waals surface area contributed by atoms with Crippen LogP contribution in [0, 0.1) is 6.92 Å². The van der Waals surface area contributed by atoms with Crippen LogP contribution in [-0.4, -0.2) is 67.9 Å². The third-order valence-corrected chi connectivity index (χ3v) is 7.70. The second-order valence-corrected chi connectivity index (χ2v) is 11.9. The molecule has 0 radical (unpaired) electrons. The zero-order chi connectivity index (χ0) is 35.1. The highest BCUT2D eigenvalue weighted by atomic mass is 35.5. The highest BCUT2D eigenvalue weighted by molar-refractivity contribution is 6.39. The minimum atomic E-state index is -5.87. The highest BCUT2D eigenvalue weighted by Gasteiger charge is 2.57. The summed E-state index contributed by atoms with van der Waals surface area (Å²) in [6, 6.07) is 5.79. The largest absolute Gasteiger partial charge is 0.455 e. The van der Waals surface area contributed by atoms with Crippen LogP contribution >= 0.6 is 23.2 Å². The molecule has 2 aromatic carbocycles. The Bertz CT molecular complexity index is 1820. The maximum atomic E-state index is 14.0. The van der Waals surface area contributed by atoms with Crippen LogP contribution in [-0.2, 0) is 24.9 Å². The van der Waals surface area contributed by atoms with Crippen molar-refractivity contribution in [3.63, 3.8) is 0 Å². The molecule has 19 heteroatoms. The number of carbonyl (C=O) groups is 2. The van der Waals surface area contributed by atoms with E-state index in [1.807, 2.05) is 0 Å². The van der Waals surface area contributed by atoms with Crippen molar-refractivity contribution in [2.45, 2.75) is 51.6 Å². The van der Waals surface area contributed by atoms with Crippen molar-refractivity contribution < 1.29 is 35.9 Å². The molecule has 2 amide bonds. The van der Waals surface area contributed by atoms with Gasteiger partial charge < -0.3 is 25.4 Å². The Labute approximate surface area is 274 Å². The Morgan fingerprint density at radius 1 is 1.04 bits per heavy atom. The molecule has 4 rings (SSSR count). The first-order valence-electron chi connectivity index (χ1n) is 13.7. The number of alkyl halides is 6. The van der Waals surface area contributed by atoms with E-state index in [2.05, 4.69) is 30.8 Å². The number of hydrogen-bond donors (Lipinski definition) is 4. The number of fused-ring (bicyclic) bond motifs is 1. The van der Waals surface area contributed by atoms with Crippen molar-refractivity contribution in [3.05, 3.63) is 57.1 Å². The molecule has 47 heavy (non-hydrogen) atoms. The third kappa shape index (κ3) is 7.84. The van der Waals surface area contributed by atoms with Crippen LogP contribution in [0.5, 0.6) is 0 Å². The van der Waals surface area contributed by atoms with E-state index in [9.17, 15) is 35.9 Å². The van der Waals surface area contributed by atoms with E-state index in [1.54, 1.807) is 37.0 Å². The minimum Gasteiger partial charge on any atom is -0.366 e. The number of amides is 2. The Balaban J connectivity index is 1.72. The lowest BCUT2D eigenvalue weighted by molar-refractivity contribution is -0.278. The van der Waals surface area contributed by atoms with Crippen molar-refractivity contribution >= 4 is 63.4 Å². The van der Waals surface area contributed by atoms with Crippen molar-refractivity contribution in [1.82, 2.24) is 35.4 Å². The van der Waals surface area contributed by atoms with E-state index in [4.69, 9.17) is 23.2 Å². The number of benzene rings is 2. The molecule has 0 aliphatic carbocycles. The molecule has 0 atom stereocenters. The molecule has 2 heterocycles. The summed E-state index contributed by atoms with van der Waals surface area (Å²) in [7, 11) is 3.17. The van der Waals surface area contributed by atoms with Crippen molar-refractivity contribution in [2.24, 2.45) is 7.05 Å². The molecule has 11 nitrogen and oxygen atoms in total. The number of anilines is 3. The first kappa shape index (κ1) is 35.6. The van der Waals surface area contributed by atoms with Crippen molar-refractivity contribution in [2.75, 3.05) is 23.8 Å². The van der Waals surface area contributed by atoms with Gasteiger partial charge in [0.25, 0.3) is 11.8 Å². The monoisotopic (exact) mass is 707 g/mol. The van der Waals surface area contributed by atoms with Crippen LogP contribution in [0.4, 0.5) is 43.7 Å². The number of halogens is 8. The van der Waals surface area contributed by atoms with Gasteiger partial charge in [-0.1, -0.05) is 29.3 Å². The van der Waals surface area contributed by atoms with Gasteiger partial charge in [0.05, 0.1) is 51.1 Å². The quantitative estimate of drug-likeness (QED) is 0.141. The van der Waals surface area contributed by atoms with Crippen molar-refractivity contribution in [1.29, 1.82) is 0 Å². The minimum absolute atomic E-state index is 0.0580. The van der Waals surface area contributed by atoms with E-state index in [1.165, 1.54) is 23.1 Å². The number of aromatic nitrogens is 5. The maximum absolute atomic E-state index is 14.0. The number of imidazole rings is 1. The van der Waals surface area contributed by atoms with Gasteiger partial charge in [0, 0.05) is 20.6 Å². The van der Waals surface area contributed by atoms with Gasteiger partial charge >= 0.3 is 12.1 Å². The van der Waals surface area contributed by atoms with Crippen LogP contribution in [0.3, 0.4) is 0 Å². The van der Waals surface area contributed by atoms with Gasteiger partial charge in [-0.2, -0.15) is 27.1 Å². The Morgan fingerprint density at radius 2 is 1.72 bits per heavy atom. The molecule has 0 unspecified atom stereocenters. The number of nitrogens with one attached hydrogen (secondary N) is 4. The summed E-state index contributed by atoms with van der Waals surface area (Å²) in [5, 5.41) is 14.0. The highest BCUT2D eigenvalue weighted by Crippen LogP contribution is 2.38. The topological polar surface area (TPSA) is 133 Å². The summed E-state index contributed by atoms with van der Waals surface area (Å²) >= 11 is 13.0. The van der Waals surface area contributed by atoms with Gasteiger partial charge in [0.2, 0.25) is 5.95 Å². The van der Waals surface area contributed by atoms with Crippen molar-refractivity contribution in [3.8, 4) is 0 Å². The maximum Gasteiger partial charge on any atom is 0.455 e. The number of nitrogens with zero attached hydrogens (tertiary/aromatic N) is 5. The van der Waals surface area contributed by atoms with E-state index >= 15 is 0 Å². The number of hydrogen-bond acceptors (Lipinski definition) is 7.